The van der Waals surface area contributed by atoms with Crippen LogP contribution in [-0.2, 0) is 4.79 Å². The molecule has 0 heterocycles. The van der Waals surface area contributed by atoms with Crippen LogP contribution in [0.15, 0.2) is 24.3 Å². The van der Waals surface area contributed by atoms with Crippen molar-refractivity contribution in [3.63, 3.8) is 0 Å². The number of hydrogen-bond acceptors (Lipinski definition) is 4. The molecule has 1 radical (unpaired) electrons. The first-order valence-corrected chi connectivity index (χ1v) is 3.68. The summed E-state index contributed by atoms with van der Waals surface area (Å²) in [6.45, 7) is -0.461. The molecule has 0 amide bonds. The van der Waals surface area contributed by atoms with Crippen molar-refractivity contribution < 1.29 is 25.0 Å². The van der Waals surface area contributed by atoms with E-state index in [9.17, 15) is 14.9 Å². The standard InChI is InChI=1S/C8H7NO5.Na.H2O/c10-8(11)5-14-7-3-1-6(2-4-7)9(12)13;;/h1-4H,5H2,(H,10,11);;1H2. The number of benzene rings is 1. The summed E-state index contributed by atoms with van der Waals surface area (Å²) in [5, 5.41) is 18.5. The van der Waals surface area contributed by atoms with Crippen molar-refractivity contribution in [3.05, 3.63) is 34.4 Å². The zero-order chi connectivity index (χ0) is 10.6. The van der Waals surface area contributed by atoms with Gasteiger partial charge in [0.25, 0.3) is 5.69 Å². The van der Waals surface area contributed by atoms with Crippen molar-refractivity contribution in [3.8, 4) is 5.75 Å². The van der Waals surface area contributed by atoms with E-state index in [-0.39, 0.29) is 46.5 Å². The maximum atomic E-state index is 10.2. The molecule has 16 heavy (non-hydrogen) atoms. The van der Waals surface area contributed by atoms with E-state index in [0.717, 1.165) is 0 Å². The van der Waals surface area contributed by atoms with Gasteiger partial charge in [-0.05, 0) is 12.1 Å². The van der Waals surface area contributed by atoms with E-state index in [4.69, 9.17) is 9.84 Å². The predicted molar refractivity (Wildman–Crippen MR) is 55.6 cm³/mol. The third-order valence-electron chi connectivity index (χ3n) is 1.41. The minimum absolute atomic E-state index is 0. The molecule has 0 atom stereocenters. The van der Waals surface area contributed by atoms with Crippen LogP contribution in [0.5, 0.6) is 5.75 Å². The van der Waals surface area contributed by atoms with Crippen LogP contribution < -0.4 is 4.74 Å². The fourth-order valence-electron chi connectivity index (χ4n) is 0.809. The number of hydrogen-bond donors (Lipinski definition) is 1. The first kappa shape index (κ1) is 17.3. The molecule has 8 heteroatoms. The van der Waals surface area contributed by atoms with Crippen LogP contribution in [0.3, 0.4) is 0 Å². The molecule has 0 unspecified atom stereocenters. The fraction of sp³-hybridized carbons (Fsp3) is 0.125. The predicted octanol–water partition coefficient (Wildman–Crippen LogP) is -0.147. The van der Waals surface area contributed by atoms with Gasteiger partial charge in [0.2, 0.25) is 0 Å². The Kier molecular flexibility index (Phi) is 8.68. The molecule has 0 spiro atoms. The largest absolute Gasteiger partial charge is 0.482 e. The summed E-state index contributed by atoms with van der Waals surface area (Å²) < 4.78 is 4.78. The minimum atomic E-state index is -1.09. The van der Waals surface area contributed by atoms with Gasteiger partial charge in [-0.1, -0.05) is 0 Å². The van der Waals surface area contributed by atoms with Crippen molar-refractivity contribution in [2.75, 3.05) is 6.61 Å². The van der Waals surface area contributed by atoms with E-state index in [1.807, 2.05) is 0 Å². The molecule has 83 valence electrons. The zero-order valence-electron chi connectivity index (χ0n) is 8.54. The van der Waals surface area contributed by atoms with Gasteiger partial charge in [0.15, 0.2) is 6.61 Å². The molecular formula is C8H9NNaO6. The average Bonchev–Trinajstić information content (AvgIpc) is 2.15. The van der Waals surface area contributed by atoms with E-state index in [0.29, 0.717) is 0 Å². The number of aliphatic carboxylic acids is 1. The molecule has 0 aliphatic rings. The zero-order valence-corrected chi connectivity index (χ0v) is 10.5. The quantitative estimate of drug-likeness (QED) is 0.444. The summed E-state index contributed by atoms with van der Waals surface area (Å²) in [5.41, 5.74) is -0.0623. The van der Waals surface area contributed by atoms with Crippen LogP contribution in [0.4, 0.5) is 5.69 Å². The van der Waals surface area contributed by atoms with Gasteiger partial charge in [-0.3, -0.25) is 10.1 Å². The number of ether oxygens (including phenoxy) is 1. The Morgan fingerprint density at radius 3 is 2.25 bits per heavy atom. The first-order valence-electron chi connectivity index (χ1n) is 3.68. The molecule has 7 nitrogen and oxygen atoms in total. The fourth-order valence-corrected chi connectivity index (χ4v) is 0.809. The van der Waals surface area contributed by atoms with Crippen LogP contribution in [0.25, 0.3) is 0 Å². The summed E-state index contributed by atoms with van der Waals surface area (Å²) in [4.78, 5) is 19.8. The van der Waals surface area contributed by atoms with E-state index < -0.39 is 17.5 Å². The van der Waals surface area contributed by atoms with Crippen molar-refractivity contribution in [1.82, 2.24) is 0 Å². The SMILES string of the molecule is O.O=C(O)COc1ccc([N+](=O)[O-])cc1.[Na]. The molecule has 1 aromatic carbocycles. The van der Waals surface area contributed by atoms with Crippen LogP contribution in [0, 0.1) is 10.1 Å². The van der Waals surface area contributed by atoms with Gasteiger partial charge in [-0.25, -0.2) is 4.79 Å². The molecule has 3 N–H and O–H groups in total. The number of rotatable bonds is 4. The smallest absolute Gasteiger partial charge is 0.341 e. The third-order valence-corrected chi connectivity index (χ3v) is 1.41. The number of nitro groups is 1. The van der Waals surface area contributed by atoms with Gasteiger partial charge in [-0.15, -0.1) is 0 Å². The Balaban J connectivity index is 0. The Hall–Kier alpha value is -1.15. The molecule has 0 bridgehead atoms. The van der Waals surface area contributed by atoms with Crippen molar-refractivity contribution in [2.45, 2.75) is 0 Å². The maximum Gasteiger partial charge on any atom is 0.341 e. The molecule has 0 aliphatic heterocycles. The third kappa shape index (κ3) is 5.66. The molecule has 0 fully saturated rings. The second-order valence-corrected chi connectivity index (χ2v) is 2.43. The van der Waals surface area contributed by atoms with E-state index >= 15 is 0 Å². The average molecular weight is 238 g/mol. The molecule has 0 saturated carbocycles. The van der Waals surface area contributed by atoms with Gasteiger partial charge >= 0.3 is 5.97 Å². The summed E-state index contributed by atoms with van der Waals surface area (Å²) in [5.74, 6) is -0.804. The minimum Gasteiger partial charge on any atom is -0.482 e. The van der Waals surface area contributed by atoms with Gasteiger partial charge in [0.05, 0.1) is 4.92 Å². The second kappa shape index (κ2) is 8.05. The van der Waals surface area contributed by atoms with Gasteiger partial charge < -0.3 is 15.3 Å². The number of carboxylic acids is 1. The normalized spacial score (nSPS) is 8.25. The Bertz CT molecular complexity index is 352. The Labute approximate surface area is 113 Å². The van der Waals surface area contributed by atoms with Crippen LogP contribution in [-0.4, -0.2) is 57.6 Å². The van der Waals surface area contributed by atoms with Crippen LogP contribution >= 0.6 is 0 Å². The van der Waals surface area contributed by atoms with Crippen molar-refractivity contribution >= 4 is 41.2 Å². The topological polar surface area (TPSA) is 121 Å². The number of nitro benzene ring substituents is 1. The van der Waals surface area contributed by atoms with Gasteiger partial charge in [-0.2, -0.15) is 0 Å². The first-order chi connectivity index (χ1) is 6.59. The number of carboxylic acid groups (broad SMARTS) is 1. The van der Waals surface area contributed by atoms with Crippen LogP contribution in [0.1, 0.15) is 0 Å². The number of carbonyl (C=O) groups is 1. The monoisotopic (exact) mass is 238 g/mol. The second-order valence-electron chi connectivity index (χ2n) is 2.43. The van der Waals surface area contributed by atoms with Gasteiger partial charge in [0, 0.05) is 41.7 Å². The molecule has 0 aromatic heterocycles. The molecule has 1 rings (SSSR count). The van der Waals surface area contributed by atoms with Gasteiger partial charge in [0.1, 0.15) is 5.75 Å². The number of non-ortho nitro benzene ring substituents is 1. The summed E-state index contributed by atoms with van der Waals surface area (Å²) >= 11 is 0. The van der Waals surface area contributed by atoms with Crippen molar-refractivity contribution in [1.29, 1.82) is 0 Å². The van der Waals surface area contributed by atoms with Crippen molar-refractivity contribution in [2.24, 2.45) is 0 Å². The van der Waals surface area contributed by atoms with E-state index in [1.54, 1.807) is 0 Å². The number of nitrogens with zero attached hydrogens (tertiary/aromatic N) is 1. The van der Waals surface area contributed by atoms with Crippen LogP contribution in [0.2, 0.25) is 0 Å². The Morgan fingerprint density at radius 1 is 1.38 bits per heavy atom. The summed E-state index contributed by atoms with van der Waals surface area (Å²) in [6, 6.07) is 5.19. The molecule has 1 aromatic rings. The molecule has 0 saturated heterocycles. The van der Waals surface area contributed by atoms with E-state index in [2.05, 4.69) is 0 Å². The maximum absolute atomic E-state index is 10.2. The summed E-state index contributed by atoms with van der Waals surface area (Å²) in [6.07, 6.45) is 0. The Morgan fingerprint density at radius 2 is 1.88 bits per heavy atom. The van der Waals surface area contributed by atoms with E-state index in [1.165, 1.54) is 24.3 Å². The molecular weight excluding hydrogens is 229 g/mol. The molecule has 0 aliphatic carbocycles. The summed E-state index contributed by atoms with van der Waals surface area (Å²) in [7, 11) is 0.